The van der Waals surface area contributed by atoms with Gasteiger partial charge in [-0.3, -0.25) is 0 Å². The molecular formula is C12H21Ni. The fourth-order valence-electron chi connectivity index (χ4n) is 1.84. The standard InChI is InChI=1S/C12H21.Ni/c1-2-4-6-8-10-12-11-9-7-5-3-1;/h1H,2,4-12H2;. The minimum atomic E-state index is 1.18. The fourth-order valence-corrected chi connectivity index (χ4v) is 2.16. The molecule has 0 nitrogen and oxygen atoms in total. The molecule has 79 valence electrons. The van der Waals surface area contributed by atoms with Crippen molar-refractivity contribution >= 4 is 0 Å². The molecule has 0 aromatic rings. The molecule has 1 aliphatic carbocycles. The summed E-state index contributed by atoms with van der Waals surface area (Å²) < 4.78 is 1.25. The first-order valence-corrected chi connectivity index (χ1v) is 6.20. The predicted octanol–water partition coefficient (Wildman–Crippen LogP) is 4.33. The fraction of sp³-hybridized carbons (Fsp3) is 0.833. The summed E-state index contributed by atoms with van der Waals surface area (Å²) in [5.74, 6) is 0. The quantitative estimate of drug-likeness (QED) is 0.537. The van der Waals surface area contributed by atoms with Crippen LogP contribution in [0.25, 0.3) is 0 Å². The summed E-state index contributed by atoms with van der Waals surface area (Å²) in [4.78, 5) is 0. The van der Waals surface area contributed by atoms with Crippen LogP contribution in [0.4, 0.5) is 0 Å². The topological polar surface area (TPSA) is 0 Å². The van der Waals surface area contributed by atoms with Crippen LogP contribution < -0.4 is 0 Å². The zero-order valence-electron chi connectivity index (χ0n) is 8.46. The van der Waals surface area contributed by atoms with Crippen LogP contribution in [0, 0.1) is 0 Å². The van der Waals surface area contributed by atoms with E-state index in [0.29, 0.717) is 0 Å². The van der Waals surface area contributed by atoms with Gasteiger partial charge in [-0.25, -0.2) is 0 Å². The molecule has 0 atom stereocenters. The van der Waals surface area contributed by atoms with Gasteiger partial charge in [-0.2, -0.15) is 0 Å². The van der Waals surface area contributed by atoms with Crippen molar-refractivity contribution in [2.75, 3.05) is 0 Å². The molecule has 0 saturated carbocycles. The summed E-state index contributed by atoms with van der Waals surface area (Å²) in [7, 11) is 0. The van der Waals surface area contributed by atoms with E-state index in [1.165, 1.54) is 68.8 Å². The van der Waals surface area contributed by atoms with Crippen molar-refractivity contribution in [1.82, 2.24) is 0 Å². The summed E-state index contributed by atoms with van der Waals surface area (Å²) in [6, 6.07) is 0. The molecule has 1 rings (SSSR count). The summed E-state index contributed by atoms with van der Waals surface area (Å²) >= 11 is 4.98. The van der Waals surface area contributed by atoms with Gasteiger partial charge in [0.25, 0.3) is 0 Å². The first-order valence-electron chi connectivity index (χ1n) is 5.71. The van der Waals surface area contributed by atoms with Crippen LogP contribution >= 0.6 is 0 Å². The first kappa shape index (κ1) is 11.3. The van der Waals surface area contributed by atoms with Gasteiger partial charge in [0.15, 0.2) is 0 Å². The van der Waals surface area contributed by atoms with Gasteiger partial charge < -0.3 is 0 Å². The van der Waals surface area contributed by atoms with Gasteiger partial charge in [0.1, 0.15) is 0 Å². The van der Waals surface area contributed by atoms with Crippen LogP contribution in [0.15, 0.2) is 10.6 Å². The molecule has 0 amide bonds. The van der Waals surface area contributed by atoms with Crippen LogP contribution in [-0.4, -0.2) is 0 Å². The SMILES string of the molecule is [Ni][C]1=CCCCCCCCCCC1. The average Bonchev–Trinajstić information content (AvgIpc) is 2.11. The molecule has 0 unspecified atom stereocenters. The van der Waals surface area contributed by atoms with E-state index < -0.39 is 0 Å². The van der Waals surface area contributed by atoms with E-state index in [0.717, 1.165) is 0 Å². The molecule has 0 spiro atoms. The van der Waals surface area contributed by atoms with Crippen molar-refractivity contribution in [3.05, 3.63) is 10.6 Å². The molecule has 0 heterocycles. The van der Waals surface area contributed by atoms with E-state index in [4.69, 9.17) is 15.5 Å². The van der Waals surface area contributed by atoms with E-state index in [1.807, 2.05) is 0 Å². The van der Waals surface area contributed by atoms with Crippen molar-refractivity contribution in [2.24, 2.45) is 0 Å². The second-order valence-corrected chi connectivity index (χ2v) is 4.61. The van der Waals surface area contributed by atoms with Gasteiger partial charge in [-0.05, 0) is 0 Å². The Morgan fingerprint density at radius 1 is 0.769 bits per heavy atom. The Morgan fingerprint density at radius 3 is 2.00 bits per heavy atom. The van der Waals surface area contributed by atoms with Crippen molar-refractivity contribution in [2.45, 2.75) is 64.2 Å². The predicted molar refractivity (Wildman–Crippen MR) is 54.3 cm³/mol. The minimum absolute atomic E-state index is 1.18. The molecule has 0 N–H and O–H groups in total. The number of hydrogen-bond acceptors (Lipinski definition) is 0. The molecule has 0 radical (unpaired) electrons. The van der Waals surface area contributed by atoms with Gasteiger partial charge in [0.05, 0.1) is 0 Å². The molecule has 0 aliphatic heterocycles. The summed E-state index contributed by atoms with van der Waals surface area (Å²) in [5, 5.41) is 0. The monoisotopic (exact) mass is 223 g/mol. The molecule has 0 aromatic carbocycles. The Bertz CT molecular complexity index is 149. The third-order valence-electron chi connectivity index (χ3n) is 2.71. The van der Waals surface area contributed by atoms with Crippen LogP contribution in [0.3, 0.4) is 0 Å². The normalized spacial score (nSPS) is 22.8. The van der Waals surface area contributed by atoms with Crippen molar-refractivity contribution in [1.29, 1.82) is 0 Å². The van der Waals surface area contributed by atoms with Gasteiger partial charge in [-0.15, -0.1) is 0 Å². The second-order valence-electron chi connectivity index (χ2n) is 3.98. The maximum absolute atomic E-state index is 4.98. The molecule has 0 fully saturated rings. The van der Waals surface area contributed by atoms with Crippen LogP contribution in [0.1, 0.15) is 64.2 Å². The molecule has 0 bridgehead atoms. The molecule has 0 aromatic heterocycles. The number of allylic oxidation sites excluding steroid dienone is 2. The molecule has 13 heavy (non-hydrogen) atoms. The number of hydrogen-bond donors (Lipinski definition) is 0. The first-order chi connectivity index (χ1) is 6.39. The van der Waals surface area contributed by atoms with E-state index in [2.05, 4.69) is 6.08 Å². The molecule has 1 heteroatoms. The van der Waals surface area contributed by atoms with Crippen molar-refractivity contribution in [3.8, 4) is 0 Å². The molecule has 0 saturated heterocycles. The summed E-state index contributed by atoms with van der Waals surface area (Å²) in [6.07, 6.45) is 15.9. The second kappa shape index (κ2) is 7.62. The summed E-state index contributed by atoms with van der Waals surface area (Å²) in [6.45, 7) is 0. The van der Waals surface area contributed by atoms with Gasteiger partial charge in [-0.1, -0.05) is 0 Å². The van der Waals surface area contributed by atoms with Gasteiger partial charge >= 0.3 is 90.3 Å². The third-order valence-corrected chi connectivity index (χ3v) is 3.16. The Morgan fingerprint density at radius 2 is 1.31 bits per heavy atom. The third kappa shape index (κ3) is 6.32. The van der Waals surface area contributed by atoms with Crippen LogP contribution in [-0.2, 0) is 15.5 Å². The van der Waals surface area contributed by atoms with E-state index in [9.17, 15) is 0 Å². The van der Waals surface area contributed by atoms with E-state index >= 15 is 0 Å². The number of rotatable bonds is 0. The zero-order valence-corrected chi connectivity index (χ0v) is 9.45. The van der Waals surface area contributed by atoms with Crippen LogP contribution in [0.5, 0.6) is 0 Å². The van der Waals surface area contributed by atoms with E-state index in [1.54, 1.807) is 0 Å². The summed E-state index contributed by atoms with van der Waals surface area (Å²) in [5.41, 5.74) is 0. The zero-order chi connectivity index (χ0) is 9.36. The molecular weight excluding hydrogens is 203 g/mol. The average molecular weight is 224 g/mol. The van der Waals surface area contributed by atoms with Crippen molar-refractivity contribution < 1.29 is 15.5 Å². The Kier molecular flexibility index (Phi) is 6.63. The Balaban J connectivity index is 2.23. The van der Waals surface area contributed by atoms with Gasteiger partial charge in [0, 0.05) is 0 Å². The van der Waals surface area contributed by atoms with Crippen molar-refractivity contribution in [3.63, 3.8) is 0 Å². The maximum atomic E-state index is 4.98. The molecule has 1 aliphatic rings. The Hall–Kier alpha value is 0.234. The Labute approximate surface area is 90.5 Å². The van der Waals surface area contributed by atoms with Gasteiger partial charge in [0.2, 0.25) is 0 Å². The van der Waals surface area contributed by atoms with Crippen LogP contribution in [0.2, 0.25) is 0 Å². The van der Waals surface area contributed by atoms with E-state index in [-0.39, 0.29) is 0 Å².